The van der Waals surface area contributed by atoms with Gasteiger partial charge in [0.25, 0.3) is 0 Å². The Labute approximate surface area is 190 Å². The molecule has 0 saturated carbocycles. The molecule has 29 heavy (non-hydrogen) atoms. The molecule has 0 atom stereocenters. The molecular formula is C20H23ClN4OS3. The van der Waals surface area contributed by atoms with Gasteiger partial charge in [0, 0.05) is 37.7 Å². The molecule has 154 valence electrons. The smallest absolute Gasteiger partial charge is 0.232 e. The van der Waals surface area contributed by atoms with Crippen LogP contribution in [-0.2, 0) is 10.5 Å². The van der Waals surface area contributed by atoms with E-state index in [1.807, 2.05) is 29.2 Å². The van der Waals surface area contributed by atoms with Crippen molar-refractivity contribution in [2.24, 2.45) is 10.2 Å². The van der Waals surface area contributed by atoms with E-state index in [4.69, 9.17) is 0 Å². The number of benzene rings is 1. The fourth-order valence-corrected chi connectivity index (χ4v) is 5.71. The molecule has 1 amide bonds. The number of hydrogen-bond acceptors (Lipinski definition) is 7. The second-order valence-corrected chi connectivity index (χ2v) is 9.42. The summed E-state index contributed by atoms with van der Waals surface area (Å²) in [6.45, 7) is 3.16. The lowest BCUT2D eigenvalue weighted by molar-refractivity contribution is -0.129. The van der Waals surface area contributed by atoms with Crippen LogP contribution in [-0.4, -0.2) is 64.3 Å². The molecule has 0 unspecified atom stereocenters. The van der Waals surface area contributed by atoms with Crippen molar-refractivity contribution in [3.05, 3.63) is 58.3 Å². The molecule has 0 N–H and O–H groups in total. The van der Waals surface area contributed by atoms with Crippen LogP contribution in [0.1, 0.15) is 10.4 Å². The van der Waals surface area contributed by atoms with Crippen LogP contribution in [0.2, 0.25) is 0 Å². The zero-order valence-electron chi connectivity index (χ0n) is 15.9. The summed E-state index contributed by atoms with van der Waals surface area (Å²) in [5, 5.41) is 11.9. The zero-order valence-corrected chi connectivity index (χ0v) is 19.2. The average molecular weight is 467 g/mol. The normalized spacial score (nSPS) is 16.7. The number of halogens is 1. The average Bonchev–Trinajstić information content (AvgIpc) is 3.30. The Morgan fingerprint density at radius 3 is 2.48 bits per heavy atom. The maximum atomic E-state index is 12.5. The van der Waals surface area contributed by atoms with Crippen molar-refractivity contribution < 1.29 is 4.79 Å². The molecule has 3 heterocycles. The first-order valence-corrected chi connectivity index (χ1v) is 12.3. The van der Waals surface area contributed by atoms with E-state index in [2.05, 4.69) is 38.7 Å². The predicted molar refractivity (Wildman–Crippen MR) is 129 cm³/mol. The SMILES string of the molecule is Cl.O=C(CSCc1ccccc1)N1CCN(C2=NN=C(c3cccs3)CS2)CC1. The first-order chi connectivity index (χ1) is 13.8. The van der Waals surface area contributed by atoms with Gasteiger partial charge in [0.2, 0.25) is 5.91 Å². The quantitative estimate of drug-likeness (QED) is 0.666. The van der Waals surface area contributed by atoms with E-state index in [0.29, 0.717) is 5.75 Å². The van der Waals surface area contributed by atoms with Crippen molar-refractivity contribution in [3.63, 3.8) is 0 Å². The van der Waals surface area contributed by atoms with Gasteiger partial charge in [-0.1, -0.05) is 48.2 Å². The van der Waals surface area contributed by atoms with Gasteiger partial charge in [-0.15, -0.1) is 40.6 Å². The zero-order chi connectivity index (χ0) is 19.2. The van der Waals surface area contributed by atoms with Crippen LogP contribution < -0.4 is 0 Å². The Hall–Kier alpha value is -1.48. The third-order valence-electron chi connectivity index (χ3n) is 4.64. The molecule has 2 aromatic rings. The molecule has 1 aromatic carbocycles. The fraction of sp³-hybridized carbons (Fsp3) is 0.350. The lowest BCUT2D eigenvalue weighted by Gasteiger charge is -2.36. The van der Waals surface area contributed by atoms with Crippen molar-refractivity contribution in [1.82, 2.24) is 9.80 Å². The maximum Gasteiger partial charge on any atom is 0.232 e. The van der Waals surface area contributed by atoms with Crippen molar-refractivity contribution >= 4 is 64.1 Å². The van der Waals surface area contributed by atoms with E-state index in [-0.39, 0.29) is 18.3 Å². The number of amides is 1. The van der Waals surface area contributed by atoms with E-state index in [0.717, 1.165) is 48.6 Å². The Balaban J connectivity index is 0.00000240. The summed E-state index contributed by atoms with van der Waals surface area (Å²) in [7, 11) is 0. The molecule has 9 heteroatoms. The number of amidine groups is 1. The first kappa shape index (κ1) is 22.2. The highest BCUT2D eigenvalue weighted by Gasteiger charge is 2.25. The highest BCUT2D eigenvalue weighted by atomic mass is 35.5. The molecule has 0 radical (unpaired) electrons. The van der Waals surface area contributed by atoms with Crippen LogP contribution >= 0.6 is 47.3 Å². The maximum absolute atomic E-state index is 12.5. The second kappa shape index (κ2) is 11.1. The van der Waals surface area contributed by atoms with Crippen molar-refractivity contribution in [2.75, 3.05) is 37.7 Å². The first-order valence-electron chi connectivity index (χ1n) is 9.25. The van der Waals surface area contributed by atoms with E-state index >= 15 is 0 Å². The molecule has 0 bridgehead atoms. The van der Waals surface area contributed by atoms with Crippen LogP contribution in [0.25, 0.3) is 0 Å². The van der Waals surface area contributed by atoms with Gasteiger partial charge < -0.3 is 9.80 Å². The highest BCUT2D eigenvalue weighted by molar-refractivity contribution is 8.14. The molecule has 2 aliphatic rings. The summed E-state index contributed by atoms with van der Waals surface area (Å²) in [5.41, 5.74) is 2.31. The van der Waals surface area contributed by atoms with Gasteiger partial charge in [0.1, 0.15) is 0 Å². The predicted octanol–water partition coefficient (Wildman–Crippen LogP) is 4.05. The lowest BCUT2D eigenvalue weighted by atomic mass is 10.2. The topological polar surface area (TPSA) is 48.3 Å². The third-order valence-corrected chi connectivity index (χ3v) is 7.56. The number of thioether (sulfide) groups is 2. The van der Waals surface area contributed by atoms with E-state index in [1.54, 1.807) is 34.9 Å². The van der Waals surface area contributed by atoms with Crippen molar-refractivity contribution in [2.45, 2.75) is 5.75 Å². The van der Waals surface area contributed by atoms with Gasteiger partial charge >= 0.3 is 0 Å². The standard InChI is InChI=1S/C20H22N4OS3.ClH/c25-19(15-26-13-16-5-2-1-3-6-16)23-8-10-24(11-9-23)20-22-21-17(14-28-20)18-7-4-12-27-18;/h1-7,12H,8-11,13-15H2;1H. The number of rotatable bonds is 5. The van der Waals surface area contributed by atoms with Crippen LogP contribution in [0, 0.1) is 0 Å². The molecular weight excluding hydrogens is 444 g/mol. The van der Waals surface area contributed by atoms with Gasteiger partial charge in [-0.05, 0) is 17.0 Å². The van der Waals surface area contributed by atoms with Gasteiger partial charge in [0.05, 0.1) is 16.3 Å². The van der Waals surface area contributed by atoms with Crippen LogP contribution in [0.3, 0.4) is 0 Å². The lowest BCUT2D eigenvalue weighted by Crippen LogP contribution is -2.50. The van der Waals surface area contributed by atoms with Crippen molar-refractivity contribution in [1.29, 1.82) is 0 Å². The number of carbonyl (C=O) groups is 1. The summed E-state index contributed by atoms with van der Waals surface area (Å²) >= 11 is 5.13. The van der Waals surface area contributed by atoms with Crippen LogP contribution in [0.15, 0.2) is 58.0 Å². The van der Waals surface area contributed by atoms with E-state index in [9.17, 15) is 4.79 Å². The molecule has 0 aliphatic carbocycles. The summed E-state index contributed by atoms with van der Waals surface area (Å²) in [4.78, 5) is 17.9. The minimum absolute atomic E-state index is 0. The van der Waals surface area contributed by atoms with E-state index in [1.165, 1.54) is 10.4 Å². The number of nitrogens with zero attached hydrogens (tertiary/aromatic N) is 4. The molecule has 4 rings (SSSR count). The Kier molecular flexibility index (Phi) is 8.47. The van der Waals surface area contributed by atoms with Gasteiger partial charge in [-0.25, -0.2) is 0 Å². The molecule has 1 aromatic heterocycles. The summed E-state index contributed by atoms with van der Waals surface area (Å²) < 4.78 is 0. The highest BCUT2D eigenvalue weighted by Crippen LogP contribution is 2.22. The number of thiophene rings is 1. The van der Waals surface area contributed by atoms with Crippen LogP contribution in [0.5, 0.6) is 0 Å². The van der Waals surface area contributed by atoms with Crippen LogP contribution in [0.4, 0.5) is 0 Å². The number of carbonyl (C=O) groups excluding carboxylic acids is 1. The summed E-state index contributed by atoms with van der Waals surface area (Å²) in [5.74, 6) is 2.51. The Bertz CT molecular complexity index is 850. The minimum atomic E-state index is 0. The molecule has 5 nitrogen and oxygen atoms in total. The largest absolute Gasteiger partial charge is 0.346 e. The molecule has 2 aliphatic heterocycles. The summed E-state index contributed by atoms with van der Waals surface area (Å²) in [6.07, 6.45) is 0. The number of piperazine rings is 1. The Morgan fingerprint density at radius 2 is 1.83 bits per heavy atom. The Morgan fingerprint density at radius 1 is 1.03 bits per heavy atom. The monoisotopic (exact) mass is 466 g/mol. The molecule has 1 saturated heterocycles. The van der Waals surface area contributed by atoms with E-state index < -0.39 is 0 Å². The third kappa shape index (κ3) is 6.01. The minimum Gasteiger partial charge on any atom is -0.346 e. The molecule has 0 spiro atoms. The van der Waals surface area contributed by atoms with Gasteiger partial charge in [-0.3, -0.25) is 4.79 Å². The molecule has 1 fully saturated rings. The van der Waals surface area contributed by atoms with Gasteiger partial charge in [0.15, 0.2) is 5.17 Å². The number of hydrogen-bond donors (Lipinski definition) is 0. The van der Waals surface area contributed by atoms with Gasteiger partial charge in [-0.2, -0.15) is 5.10 Å². The fourth-order valence-electron chi connectivity index (χ4n) is 3.08. The second-order valence-electron chi connectivity index (χ2n) is 6.54. The van der Waals surface area contributed by atoms with Crippen molar-refractivity contribution in [3.8, 4) is 0 Å². The summed E-state index contributed by atoms with van der Waals surface area (Å²) in [6, 6.07) is 14.4.